The fraction of sp³-hybridized carbons (Fsp3) is 0.833. The molecule has 0 aromatic heterocycles. The van der Waals surface area contributed by atoms with Crippen molar-refractivity contribution >= 4 is 11.9 Å². The summed E-state index contributed by atoms with van der Waals surface area (Å²) in [6, 6.07) is -0.985. The first kappa shape index (κ1) is 14.9. The lowest BCUT2D eigenvalue weighted by Gasteiger charge is -2.32. The summed E-state index contributed by atoms with van der Waals surface area (Å²) in [7, 11) is 0. The van der Waals surface area contributed by atoms with Gasteiger partial charge in [-0.1, -0.05) is 0 Å². The van der Waals surface area contributed by atoms with Crippen LogP contribution in [0.5, 0.6) is 0 Å². The highest BCUT2D eigenvalue weighted by molar-refractivity contribution is 5.81. The van der Waals surface area contributed by atoms with Crippen molar-refractivity contribution in [3.05, 3.63) is 0 Å². The predicted octanol–water partition coefficient (Wildman–Crippen LogP) is 1.25. The van der Waals surface area contributed by atoms with Crippen LogP contribution in [0.2, 0.25) is 0 Å². The minimum absolute atomic E-state index is 0.171. The van der Waals surface area contributed by atoms with E-state index < -0.39 is 18.8 Å². The van der Waals surface area contributed by atoms with Gasteiger partial charge in [0.05, 0.1) is 0 Å². The van der Waals surface area contributed by atoms with Crippen LogP contribution in [0.4, 0.5) is 18.0 Å². The van der Waals surface area contributed by atoms with E-state index in [1.54, 1.807) is 10.2 Å². The number of nitrogens with one attached hydrogen (secondary N) is 2. The van der Waals surface area contributed by atoms with Gasteiger partial charge in [-0.25, -0.2) is 4.79 Å². The van der Waals surface area contributed by atoms with E-state index in [0.29, 0.717) is 25.9 Å². The molecule has 3 amide bonds. The number of piperidine rings is 1. The molecule has 0 spiro atoms. The monoisotopic (exact) mass is 293 g/mol. The molecule has 2 N–H and O–H groups in total. The number of nitrogens with zero attached hydrogens (tertiary/aromatic N) is 1. The Morgan fingerprint density at radius 1 is 1.10 bits per heavy atom. The smallest absolute Gasteiger partial charge is 0.342 e. The van der Waals surface area contributed by atoms with Gasteiger partial charge in [0, 0.05) is 25.0 Å². The molecule has 2 fully saturated rings. The lowest BCUT2D eigenvalue weighted by atomic mass is 10.0. The van der Waals surface area contributed by atoms with E-state index in [9.17, 15) is 22.8 Å². The molecule has 1 heterocycles. The number of carbonyl (C=O) groups is 2. The van der Waals surface area contributed by atoms with Crippen molar-refractivity contribution < 1.29 is 22.8 Å². The summed E-state index contributed by atoms with van der Waals surface area (Å²) >= 11 is 0. The minimum Gasteiger partial charge on any atom is -0.342 e. The van der Waals surface area contributed by atoms with Crippen LogP contribution in [0.3, 0.4) is 0 Å². The van der Waals surface area contributed by atoms with Gasteiger partial charge in [0.25, 0.3) is 0 Å². The molecule has 1 aliphatic heterocycles. The van der Waals surface area contributed by atoms with Gasteiger partial charge in [-0.3, -0.25) is 4.79 Å². The van der Waals surface area contributed by atoms with Gasteiger partial charge in [0.15, 0.2) is 0 Å². The topological polar surface area (TPSA) is 61.4 Å². The van der Waals surface area contributed by atoms with Gasteiger partial charge in [-0.15, -0.1) is 0 Å². The maximum absolute atomic E-state index is 11.9. The molecule has 5 nitrogen and oxygen atoms in total. The van der Waals surface area contributed by atoms with Gasteiger partial charge in [-0.2, -0.15) is 13.2 Å². The van der Waals surface area contributed by atoms with Crippen molar-refractivity contribution in [3.63, 3.8) is 0 Å². The van der Waals surface area contributed by atoms with Crippen molar-refractivity contribution in [2.24, 2.45) is 5.92 Å². The Morgan fingerprint density at radius 2 is 1.70 bits per heavy atom. The van der Waals surface area contributed by atoms with Crippen LogP contribution in [0, 0.1) is 5.92 Å². The lowest BCUT2D eigenvalue weighted by molar-refractivity contribution is -0.133. The zero-order chi connectivity index (χ0) is 14.8. The fourth-order valence-corrected chi connectivity index (χ4v) is 2.25. The van der Waals surface area contributed by atoms with E-state index in [-0.39, 0.29) is 17.9 Å². The van der Waals surface area contributed by atoms with Gasteiger partial charge in [0.2, 0.25) is 5.91 Å². The quantitative estimate of drug-likeness (QED) is 0.822. The molecule has 0 atom stereocenters. The summed E-state index contributed by atoms with van der Waals surface area (Å²) in [5.41, 5.74) is 0. The molecule has 114 valence electrons. The highest BCUT2D eigenvalue weighted by Crippen LogP contribution is 2.31. The Kier molecular flexibility index (Phi) is 4.39. The molecule has 8 heteroatoms. The van der Waals surface area contributed by atoms with E-state index in [1.165, 1.54) is 0 Å². The van der Waals surface area contributed by atoms with Crippen molar-refractivity contribution in [3.8, 4) is 0 Å². The van der Waals surface area contributed by atoms with E-state index in [0.717, 1.165) is 12.8 Å². The molecule has 0 aromatic carbocycles. The predicted molar refractivity (Wildman–Crippen MR) is 64.9 cm³/mol. The largest absolute Gasteiger partial charge is 0.405 e. The summed E-state index contributed by atoms with van der Waals surface area (Å²) in [4.78, 5) is 24.9. The Bertz CT molecular complexity index is 375. The lowest BCUT2D eigenvalue weighted by Crippen LogP contribution is -2.50. The third-order valence-electron chi connectivity index (χ3n) is 3.52. The van der Waals surface area contributed by atoms with Crippen molar-refractivity contribution in [1.82, 2.24) is 15.5 Å². The van der Waals surface area contributed by atoms with E-state index in [4.69, 9.17) is 0 Å². The number of rotatable bonds is 3. The number of carbonyl (C=O) groups excluding carboxylic acids is 2. The number of likely N-dealkylation sites (tertiary alicyclic amines) is 1. The number of halogens is 3. The second-order valence-electron chi connectivity index (χ2n) is 5.32. The van der Waals surface area contributed by atoms with Crippen molar-refractivity contribution in [1.29, 1.82) is 0 Å². The SMILES string of the molecule is O=C(NCC(F)(F)F)NC1CCN(C(=O)C2CC2)CC1. The van der Waals surface area contributed by atoms with Crippen molar-refractivity contribution in [2.75, 3.05) is 19.6 Å². The Morgan fingerprint density at radius 3 is 2.20 bits per heavy atom. The maximum Gasteiger partial charge on any atom is 0.405 e. The Balaban J connectivity index is 1.66. The van der Waals surface area contributed by atoms with Crippen LogP contribution in [0.15, 0.2) is 0 Å². The van der Waals surface area contributed by atoms with Crippen LogP contribution in [-0.4, -0.2) is 48.7 Å². The average molecular weight is 293 g/mol. The summed E-state index contributed by atoms with van der Waals surface area (Å²) in [6.07, 6.45) is -1.33. The fourth-order valence-electron chi connectivity index (χ4n) is 2.25. The first-order chi connectivity index (χ1) is 9.35. The third kappa shape index (κ3) is 4.57. The van der Waals surface area contributed by atoms with Gasteiger partial charge in [0.1, 0.15) is 6.54 Å². The standard InChI is InChI=1S/C12H18F3N3O2/c13-12(14,15)7-16-11(20)17-9-3-5-18(6-4-9)10(19)8-1-2-8/h8-9H,1-7H2,(H2,16,17,20). The van der Waals surface area contributed by atoms with E-state index in [2.05, 4.69) is 5.32 Å². The van der Waals surface area contributed by atoms with Crippen LogP contribution in [-0.2, 0) is 4.79 Å². The van der Waals surface area contributed by atoms with Gasteiger partial charge >= 0.3 is 12.2 Å². The first-order valence-electron chi connectivity index (χ1n) is 6.75. The van der Waals surface area contributed by atoms with Crippen LogP contribution in [0.25, 0.3) is 0 Å². The number of alkyl halides is 3. The molecule has 20 heavy (non-hydrogen) atoms. The third-order valence-corrected chi connectivity index (χ3v) is 3.52. The van der Waals surface area contributed by atoms with Gasteiger partial charge < -0.3 is 15.5 Å². The maximum atomic E-state index is 11.9. The molecule has 0 aromatic rings. The first-order valence-corrected chi connectivity index (χ1v) is 6.75. The second kappa shape index (κ2) is 5.88. The zero-order valence-electron chi connectivity index (χ0n) is 11.0. The molecular formula is C12H18F3N3O2. The second-order valence-corrected chi connectivity index (χ2v) is 5.32. The molecule has 2 aliphatic rings. The molecule has 0 radical (unpaired) electrons. The highest BCUT2D eigenvalue weighted by Gasteiger charge is 2.35. The van der Waals surface area contributed by atoms with Crippen LogP contribution >= 0.6 is 0 Å². The summed E-state index contributed by atoms with van der Waals surface area (Å²) in [5.74, 6) is 0.347. The number of amides is 3. The van der Waals surface area contributed by atoms with Crippen LogP contribution < -0.4 is 10.6 Å². The molecule has 1 saturated heterocycles. The molecule has 1 saturated carbocycles. The normalized spacial score (nSPS) is 20.6. The number of hydrogen-bond donors (Lipinski definition) is 2. The Hall–Kier alpha value is -1.47. The van der Waals surface area contributed by atoms with E-state index in [1.807, 2.05) is 0 Å². The highest BCUT2D eigenvalue weighted by atomic mass is 19.4. The zero-order valence-corrected chi connectivity index (χ0v) is 11.0. The molecule has 0 bridgehead atoms. The molecule has 0 unspecified atom stereocenters. The van der Waals surface area contributed by atoms with Crippen molar-refractivity contribution in [2.45, 2.75) is 37.9 Å². The number of urea groups is 1. The summed E-state index contributed by atoms with van der Waals surface area (Å²) < 4.78 is 35.8. The molecular weight excluding hydrogens is 275 g/mol. The minimum atomic E-state index is -4.41. The summed E-state index contributed by atoms with van der Waals surface area (Å²) in [5, 5.41) is 4.28. The van der Waals surface area contributed by atoms with Crippen LogP contribution in [0.1, 0.15) is 25.7 Å². The average Bonchev–Trinajstić information content (AvgIpc) is 3.20. The van der Waals surface area contributed by atoms with E-state index >= 15 is 0 Å². The Labute approximate surface area is 114 Å². The number of hydrogen-bond acceptors (Lipinski definition) is 2. The summed E-state index contributed by atoms with van der Waals surface area (Å²) in [6.45, 7) is -0.225. The molecule has 1 aliphatic carbocycles. The molecule has 2 rings (SSSR count). The van der Waals surface area contributed by atoms with Gasteiger partial charge in [-0.05, 0) is 25.7 Å².